The first kappa shape index (κ1) is 12.2. The summed E-state index contributed by atoms with van der Waals surface area (Å²) in [6, 6.07) is 8.26. The Morgan fingerprint density at radius 3 is 2.56 bits per heavy atom. The van der Waals surface area contributed by atoms with E-state index >= 15 is 0 Å². The zero-order valence-corrected chi connectivity index (χ0v) is 11.9. The van der Waals surface area contributed by atoms with E-state index in [1.807, 2.05) is 24.3 Å². The molecule has 2 aliphatic carbocycles. The lowest BCUT2D eigenvalue weighted by Gasteiger charge is -2.22. The summed E-state index contributed by atoms with van der Waals surface area (Å²) in [5.74, 6) is 1.70. The average Bonchev–Trinajstić information content (AvgIpc) is 3.01. The fourth-order valence-electron chi connectivity index (χ4n) is 3.42. The van der Waals surface area contributed by atoms with Crippen molar-refractivity contribution in [3.63, 3.8) is 0 Å². The molecule has 0 aliphatic heterocycles. The van der Waals surface area contributed by atoms with Crippen LogP contribution in [0.1, 0.15) is 41.6 Å². The van der Waals surface area contributed by atoms with Crippen LogP contribution >= 0.6 is 15.9 Å². The Morgan fingerprint density at radius 2 is 2.00 bits per heavy atom. The van der Waals surface area contributed by atoms with Crippen molar-refractivity contribution in [1.82, 2.24) is 5.32 Å². The van der Waals surface area contributed by atoms with Crippen LogP contribution in [0, 0.1) is 11.8 Å². The van der Waals surface area contributed by atoms with E-state index in [1.165, 1.54) is 31.2 Å². The van der Waals surface area contributed by atoms with Gasteiger partial charge >= 0.3 is 0 Å². The summed E-state index contributed by atoms with van der Waals surface area (Å²) in [6.45, 7) is 0. The topological polar surface area (TPSA) is 29.1 Å². The molecule has 1 N–H and O–H groups in total. The highest BCUT2D eigenvalue weighted by Crippen LogP contribution is 2.44. The van der Waals surface area contributed by atoms with Gasteiger partial charge in [0.1, 0.15) is 0 Å². The largest absolute Gasteiger partial charge is 0.349 e. The van der Waals surface area contributed by atoms with Gasteiger partial charge in [-0.1, -0.05) is 34.5 Å². The van der Waals surface area contributed by atoms with Gasteiger partial charge in [0, 0.05) is 16.9 Å². The fourth-order valence-corrected chi connectivity index (χ4v) is 3.79. The van der Waals surface area contributed by atoms with Gasteiger partial charge in [-0.3, -0.25) is 4.79 Å². The summed E-state index contributed by atoms with van der Waals surface area (Å²) >= 11 is 3.41. The third-order valence-electron chi connectivity index (χ3n) is 4.43. The number of halogens is 1. The van der Waals surface area contributed by atoms with Crippen LogP contribution in [-0.4, -0.2) is 11.9 Å². The molecule has 3 atom stereocenters. The van der Waals surface area contributed by atoms with Gasteiger partial charge in [0.05, 0.1) is 0 Å². The molecule has 3 heteroatoms. The van der Waals surface area contributed by atoms with Crippen LogP contribution in [0.2, 0.25) is 0 Å². The smallest absolute Gasteiger partial charge is 0.251 e. The minimum atomic E-state index is 0.0914. The number of carbonyl (C=O) groups is 1. The summed E-state index contributed by atoms with van der Waals surface area (Å²) < 4.78 is 0. The molecule has 0 radical (unpaired) electrons. The lowest BCUT2D eigenvalue weighted by Crippen LogP contribution is -2.38. The summed E-state index contributed by atoms with van der Waals surface area (Å²) in [5, 5.41) is 4.05. The minimum absolute atomic E-state index is 0.0914. The third kappa shape index (κ3) is 2.33. The maximum atomic E-state index is 12.2. The van der Waals surface area contributed by atoms with Crippen molar-refractivity contribution in [2.75, 3.05) is 0 Å². The van der Waals surface area contributed by atoms with Crippen molar-refractivity contribution in [3.8, 4) is 0 Å². The zero-order chi connectivity index (χ0) is 12.5. The lowest BCUT2D eigenvalue weighted by molar-refractivity contribution is 0.0923. The highest BCUT2D eigenvalue weighted by atomic mass is 79.9. The predicted molar refractivity (Wildman–Crippen MR) is 75.8 cm³/mol. The molecular weight excluding hydrogens is 290 g/mol. The molecule has 2 bridgehead atoms. The van der Waals surface area contributed by atoms with Crippen LogP contribution in [0.4, 0.5) is 0 Å². The maximum Gasteiger partial charge on any atom is 0.251 e. The molecule has 1 aromatic rings. The molecule has 2 aliphatic rings. The molecule has 96 valence electrons. The summed E-state index contributed by atoms with van der Waals surface area (Å²) in [7, 11) is 0. The van der Waals surface area contributed by atoms with Gasteiger partial charge < -0.3 is 5.32 Å². The number of benzene rings is 1. The second-order valence-corrected chi connectivity index (χ2v) is 6.15. The first-order valence-corrected chi connectivity index (χ1v) is 7.84. The molecule has 1 aromatic carbocycles. The van der Waals surface area contributed by atoms with Crippen LogP contribution in [0.15, 0.2) is 24.3 Å². The van der Waals surface area contributed by atoms with E-state index in [1.54, 1.807) is 0 Å². The van der Waals surface area contributed by atoms with Gasteiger partial charge in [0.25, 0.3) is 5.91 Å². The van der Waals surface area contributed by atoms with Crippen molar-refractivity contribution in [2.24, 2.45) is 11.8 Å². The van der Waals surface area contributed by atoms with E-state index in [-0.39, 0.29) is 5.91 Å². The Bertz CT molecular complexity index is 442. The van der Waals surface area contributed by atoms with Crippen molar-refractivity contribution < 1.29 is 4.79 Å². The molecule has 0 saturated heterocycles. The quantitative estimate of drug-likeness (QED) is 0.851. The summed E-state index contributed by atoms with van der Waals surface area (Å²) in [4.78, 5) is 12.2. The first-order chi connectivity index (χ1) is 8.76. The lowest BCUT2D eigenvalue weighted by atomic mass is 9.95. The monoisotopic (exact) mass is 307 g/mol. The Hall–Kier alpha value is -0.830. The Balaban J connectivity index is 1.64. The van der Waals surface area contributed by atoms with E-state index in [0.717, 1.165) is 22.7 Å². The SMILES string of the molecule is O=C(NC1CC2CCC1C2)c1ccc(CBr)cc1. The number of amides is 1. The number of nitrogens with one attached hydrogen (secondary N) is 1. The Labute approximate surface area is 116 Å². The number of alkyl halides is 1. The zero-order valence-electron chi connectivity index (χ0n) is 10.4. The third-order valence-corrected chi connectivity index (χ3v) is 5.07. The molecule has 2 fully saturated rings. The van der Waals surface area contributed by atoms with Crippen LogP contribution < -0.4 is 5.32 Å². The number of hydrogen-bond acceptors (Lipinski definition) is 1. The Kier molecular flexibility index (Phi) is 3.42. The molecule has 0 heterocycles. The van der Waals surface area contributed by atoms with Gasteiger partial charge in [-0.05, 0) is 48.8 Å². The number of carbonyl (C=O) groups excluding carboxylic acids is 1. The standard InChI is InChI=1S/C15H18BrNO/c16-9-10-1-4-12(5-2-10)15(18)17-14-8-11-3-6-13(14)7-11/h1-2,4-5,11,13-14H,3,6-9H2,(H,17,18). The van der Waals surface area contributed by atoms with E-state index in [4.69, 9.17) is 0 Å². The van der Waals surface area contributed by atoms with Gasteiger partial charge in [0.15, 0.2) is 0 Å². The van der Waals surface area contributed by atoms with Gasteiger partial charge in [-0.15, -0.1) is 0 Å². The van der Waals surface area contributed by atoms with Crippen molar-refractivity contribution >= 4 is 21.8 Å². The second kappa shape index (κ2) is 5.04. The van der Waals surface area contributed by atoms with E-state index < -0.39 is 0 Å². The van der Waals surface area contributed by atoms with E-state index in [0.29, 0.717) is 6.04 Å². The van der Waals surface area contributed by atoms with E-state index in [9.17, 15) is 4.79 Å². The molecular formula is C15H18BrNO. The second-order valence-electron chi connectivity index (χ2n) is 5.59. The molecule has 0 spiro atoms. The predicted octanol–water partition coefficient (Wildman–Crippen LogP) is 3.50. The van der Waals surface area contributed by atoms with Crippen molar-refractivity contribution in [3.05, 3.63) is 35.4 Å². The number of fused-ring (bicyclic) bond motifs is 2. The van der Waals surface area contributed by atoms with Gasteiger partial charge in [-0.2, -0.15) is 0 Å². The van der Waals surface area contributed by atoms with Crippen molar-refractivity contribution in [2.45, 2.75) is 37.1 Å². The summed E-state index contributed by atoms with van der Waals surface area (Å²) in [6.07, 6.45) is 5.19. The van der Waals surface area contributed by atoms with Crippen LogP contribution in [0.3, 0.4) is 0 Å². The average molecular weight is 308 g/mol. The molecule has 2 saturated carbocycles. The molecule has 0 aromatic heterocycles. The molecule has 3 rings (SSSR count). The molecule has 1 amide bonds. The molecule has 3 unspecified atom stereocenters. The molecule has 2 nitrogen and oxygen atoms in total. The highest BCUT2D eigenvalue weighted by molar-refractivity contribution is 9.08. The maximum absolute atomic E-state index is 12.2. The molecule has 18 heavy (non-hydrogen) atoms. The van der Waals surface area contributed by atoms with Crippen molar-refractivity contribution in [1.29, 1.82) is 0 Å². The van der Waals surface area contributed by atoms with E-state index in [2.05, 4.69) is 21.2 Å². The summed E-state index contributed by atoms with van der Waals surface area (Å²) in [5.41, 5.74) is 1.98. The fraction of sp³-hybridized carbons (Fsp3) is 0.533. The van der Waals surface area contributed by atoms with Crippen LogP contribution in [0.25, 0.3) is 0 Å². The van der Waals surface area contributed by atoms with Gasteiger partial charge in [-0.25, -0.2) is 0 Å². The first-order valence-electron chi connectivity index (χ1n) is 6.72. The minimum Gasteiger partial charge on any atom is -0.349 e. The normalized spacial score (nSPS) is 29.5. The van der Waals surface area contributed by atoms with Gasteiger partial charge in [0.2, 0.25) is 0 Å². The number of rotatable bonds is 3. The number of hydrogen-bond donors (Lipinski definition) is 1. The Morgan fingerprint density at radius 1 is 1.22 bits per heavy atom. The van der Waals surface area contributed by atoms with Crippen LogP contribution in [0.5, 0.6) is 0 Å². The van der Waals surface area contributed by atoms with Crippen LogP contribution in [-0.2, 0) is 5.33 Å². The highest BCUT2D eigenvalue weighted by Gasteiger charge is 2.40.